The normalized spacial score (nSPS) is 16.7. The highest BCUT2D eigenvalue weighted by molar-refractivity contribution is 5.99. The highest BCUT2D eigenvalue weighted by Crippen LogP contribution is 2.47. The van der Waals surface area contributed by atoms with Crippen LogP contribution >= 0.6 is 0 Å². The van der Waals surface area contributed by atoms with E-state index in [2.05, 4.69) is 22.6 Å². The Balaban J connectivity index is 1.26. The topological polar surface area (TPSA) is 69.2 Å². The standard InChI is InChI=1S/C21H22N2O4/c1-15(16-7-8-18-19(11-16)26-14-25-18)23-27-12-20(24)22-13-21(9-10-21)17-5-3-2-4-6-17/h2-8,11H,9-10,12-14H2,1H3,(H,22,24)/b23-15+. The van der Waals surface area contributed by atoms with Crippen molar-refractivity contribution in [3.05, 3.63) is 59.7 Å². The molecule has 1 heterocycles. The molecule has 0 unspecified atom stereocenters. The number of amides is 1. The summed E-state index contributed by atoms with van der Waals surface area (Å²) in [6.07, 6.45) is 2.19. The fourth-order valence-electron chi connectivity index (χ4n) is 3.19. The van der Waals surface area contributed by atoms with Crippen LogP contribution in [0, 0.1) is 0 Å². The van der Waals surface area contributed by atoms with E-state index >= 15 is 0 Å². The minimum absolute atomic E-state index is 0.0859. The van der Waals surface area contributed by atoms with Crippen LogP contribution in [-0.2, 0) is 15.0 Å². The molecule has 1 aliphatic heterocycles. The quantitative estimate of drug-likeness (QED) is 0.604. The van der Waals surface area contributed by atoms with E-state index in [-0.39, 0.29) is 24.7 Å². The van der Waals surface area contributed by atoms with Crippen molar-refractivity contribution in [2.24, 2.45) is 5.16 Å². The lowest BCUT2D eigenvalue weighted by atomic mass is 9.96. The lowest BCUT2D eigenvalue weighted by Gasteiger charge is -2.16. The van der Waals surface area contributed by atoms with Gasteiger partial charge in [0.25, 0.3) is 5.91 Å². The summed E-state index contributed by atoms with van der Waals surface area (Å²) in [5.74, 6) is 1.24. The van der Waals surface area contributed by atoms with Crippen molar-refractivity contribution >= 4 is 11.6 Å². The molecule has 0 radical (unpaired) electrons. The first-order valence-corrected chi connectivity index (χ1v) is 9.05. The second-order valence-electron chi connectivity index (χ2n) is 6.94. The lowest BCUT2D eigenvalue weighted by Crippen LogP contribution is -2.34. The fraction of sp³-hybridized carbons (Fsp3) is 0.333. The summed E-state index contributed by atoms with van der Waals surface area (Å²) in [6, 6.07) is 15.9. The van der Waals surface area contributed by atoms with Crippen LogP contribution < -0.4 is 14.8 Å². The summed E-state index contributed by atoms with van der Waals surface area (Å²) < 4.78 is 10.6. The fourth-order valence-corrected chi connectivity index (χ4v) is 3.19. The molecule has 0 bridgehead atoms. The van der Waals surface area contributed by atoms with E-state index in [9.17, 15) is 4.79 Å². The van der Waals surface area contributed by atoms with Gasteiger partial charge < -0.3 is 19.6 Å². The Hall–Kier alpha value is -3.02. The molecule has 1 fully saturated rings. The predicted octanol–water partition coefficient (Wildman–Crippen LogP) is 3.00. The molecule has 2 aromatic carbocycles. The van der Waals surface area contributed by atoms with E-state index in [4.69, 9.17) is 14.3 Å². The lowest BCUT2D eigenvalue weighted by molar-refractivity contribution is -0.125. The van der Waals surface area contributed by atoms with Crippen LogP contribution in [0.1, 0.15) is 30.9 Å². The number of nitrogens with zero attached hydrogens (tertiary/aromatic N) is 1. The summed E-state index contributed by atoms with van der Waals surface area (Å²) in [5, 5.41) is 7.00. The molecule has 1 saturated carbocycles. The molecular weight excluding hydrogens is 344 g/mol. The molecule has 4 rings (SSSR count). The molecular formula is C21H22N2O4. The van der Waals surface area contributed by atoms with Crippen molar-refractivity contribution < 1.29 is 19.1 Å². The van der Waals surface area contributed by atoms with E-state index in [1.165, 1.54) is 5.56 Å². The molecule has 27 heavy (non-hydrogen) atoms. The smallest absolute Gasteiger partial charge is 0.260 e. The number of hydrogen-bond donors (Lipinski definition) is 1. The van der Waals surface area contributed by atoms with Crippen LogP contribution in [0.25, 0.3) is 0 Å². The first-order chi connectivity index (χ1) is 13.2. The van der Waals surface area contributed by atoms with Crippen molar-refractivity contribution in [2.45, 2.75) is 25.2 Å². The number of benzene rings is 2. The molecule has 0 atom stereocenters. The maximum Gasteiger partial charge on any atom is 0.260 e. The summed E-state index contributed by atoms with van der Waals surface area (Å²) in [6.45, 7) is 2.58. The highest BCUT2D eigenvalue weighted by atomic mass is 16.7. The van der Waals surface area contributed by atoms with E-state index in [0.717, 1.165) is 24.2 Å². The number of hydrogen-bond acceptors (Lipinski definition) is 5. The first-order valence-electron chi connectivity index (χ1n) is 9.05. The molecule has 1 amide bonds. The molecule has 1 N–H and O–H groups in total. The first kappa shape index (κ1) is 17.4. The maximum absolute atomic E-state index is 12.1. The van der Waals surface area contributed by atoms with Crippen LogP contribution in [-0.4, -0.2) is 31.6 Å². The van der Waals surface area contributed by atoms with Gasteiger partial charge in [-0.05, 0) is 43.5 Å². The zero-order valence-electron chi connectivity index (χ0n) is 15.2. The largest absolute Gasteiger partial charge is 0.454 e. The Kier molecular flexibility index (Phi) is 4.71. The van der Waals surface area contributed by atoms with Crippen molar-refractivity contribution in [3.63, 3.8) is 0 Å². The van der Waals surface area contributed by atoms with E-state index < -0.39 is 0 Å². The zero-order chi connectivity index (χ0) is 18.7. The summed E-state index contributed by atoms with van der Waals surface area (Å²) in [5.41, 5.74) is 2.90. The van der Waals surface area contributed by atoms with Gasteiger partial charge in [0.2, 0.25) is 6.79 Å². The molecule has 2 aliphatic rings. The summed E-state index contributed by atoms with van der Waals surface area (Å²) in [4.78, 5) is 17.3. The number of nitrogens with one attached hydrogen (secondary N) is 1. The highest BCUT2D eigenvalue weighted by Gasteiger charge is 2.44. The van der Waals surface area contributed by atoms with Crippen LogP contribution in [0.4, 0.5) is 0 Å². The SMILES string of the molecule is C/C(=N\OCC(=O)NCC1(c2ccccc2)CC1)c1ccc2c(c1)OCO2. The third-order valence-electron chi connectivity index (χ3n) is 5.05. The van der Waals surface area contributed by atoms with Crippen molar-refractivity contribution in [3.8, 4) is 11.5 Å². The van der Waals surface area contributed by atoms with Gasteiger partial charge in [-0.1, -0.05) is 35.5 Å². The molecule has 0 spiro atoms. The monoisotopic (exact) mass is 366 g/mol. The Morgan fingerprint density at radius 2 is 1.93 bits per heavy atom. The molecule has 1 aliphatic carbocycles. The van der Waals surface area contributed by atoms with Crippen LogP contribution in [0.3, 0.4) is 0 Å². The van der Waals surface area contributed by atoms with Gasteiger partial charge in [0, 0.05) is 17.5 Å². The Bertz CT molecular complexity index is 860. The van der Waals surface area contributed by atoms with E-state index in [1.807, 2.05) is 43.3 Å². The van der Waals surface area contributed by atoms with Crippen molar-refractivity contribution in [1.29, 1.82) is 0 Å². The number of carbonyl (C=O) groups excluding carboxylic acids is 1. The Morgan fingerprint density at radius 3 is 2.70 bits per heavy atom. The molecule has 6 heteroatoms. The average molecular weight is 366 g/mol. The number of fused-ring (bicyclic) bond motifs is 1. The van der Waals surface area contributed by atoms with E-state index in [1.54, 1.807) is 0 Å². The number of ether oxygens (including phenoxy) is 2. The Morgan fingerprint density at radius 1 is 1.15 bits per heavy atom. The minimum Gasteiger partial charge on any atom is -0.454 e. The summed E-state index contributed by atoms with van der Waals surface area (Å²) in [7, 11) is 0. The maximum atomic E-state index is 12.1. The van der Waals surface area contributed by atoms with Crippen molar-refractivity contribution in [2.75, 3.05) is 19.9 Å². The van der Waals surface area contributed by atoms with Crippen LogP contribution in [0.5, 0.6) is 11.5 Å². The molecule has 6 nitrogen and oxygen atoms in total. The second-order valence-corrected chi connectivity index (χ2v) is 6.94. The molecule has 2 aromatic rings. The van der Waals surface area contributed by atoms with Crippen LogP contribution in [0.15, 0.2) is 53.7 Å². The van der Waals surface area contributed by atoms with Gasteiger partial charge in [-0.3, -0.25) is 4.79 Å². The minimum atomic E-state index is -0.167. The second kappa shape index (κ2) is 7.31. The van der Waals surface area contributed by atoms with Gasteiger partial charge in [0.1, 0.15) is 0 Å². The Labute approximate surface area is 158 Å². The van der Waals surface area contributed by atoms with Gasteiger partial charge in [0.15, 0.2) is 18.1 Å². The molecule has 0 saturated heterocycles. The summed E-state index contributed by atoms with van der Waals surface area (Å²) >= 11 is 0. The van der Waals surface area contributed by atoms with Crippen LogP contribution in [0.2, 0.25) is 0 Å². The zero-order valence-corrected chi connectivity index (χ0v) is 15.2. The molecule has 0 aromatic heterocycles. The van der Waals surface area contributed by atoms with Gasteiger partial charge in [-0.15, -0.1) is 0 Å². The average Bonchev–Trinajstić information content (AvgIpc) is 3.35. The molecule has 140 valence electrons. The van der Waals surface area contributed by atoms with Crippen molar-refractivity contribution in [1.82, 2.24) is 5.32 Å². The third-order valence-corrected chi connectivity index (χ3v) is 5.05. The van der Waals surface area contributed by atoms with Gasteiger partial charge in [0.05, 0.1) is 5.71 Å². The number of carbonyl (C=O) groups is 1. The van der Waals surface area contributed by atoms with Gasteiger partial charge in [-0.2, -0.15) is 0 Å². The predicted molar refractivity (Wildman–Crippen MR) is 101 cm³/mol. The number of rotatable bonds is 7. The number of oxime groups is 1. The van der Waals surface area contributed by atoms with E-state index in [0.29, 0.717) is 18.0 Å². The van der Waals surface area contributed by atoms with Gasteiger partial charge >= 0.3 is 0 Å². The third kappa shape index (κ3) is 3.89. The van der Waals surface area contributed by atoms with Gasteiger partial charge in [-0.25, -0.2) is 0 Å².